The fourth-order valence-electron chi connectivity index (χ4n) is 5.25. The Hall–Kier alpha value is -3.10. The fourth-order valence-corrected chi connectivity index (χ4v) is 5.25. The second-order valence-corrected chi connectivity index (χ2v) is 9.30. The molecule has 34 heavy (non-hydrogen) atoms. The Bertz CT molecular complexity index is 1230. The number of carbonyl (C=O) groups is 1. The van der Waals surface area contributed by atoms with Gasteiger partial charge in [0.15, 0.2) is 0 Å². The Morgan fingerprint density at radius 1 is 1.06 bits per heavy atom. The number of hydrogen-bond donors (Lipinski definition) is 3. The number of nitrogens with one attached hydrogen (secondary N) is 3. The predicted molar refractivity (Wildman–Crippen MR) is 130 cm³/mol. The number of benzene rings is 2. The molecule has 1 aliphatic carbocycles. The van der Waals surface area contributed by atoms with E-state index < -0.39 is 5.82 Å². The van der Waals surface area contributed by atoms with Crippen LogP contribution in [-0.4, -0.2) is 59.3 Å². The van der Waals surface area contributed by atoms with Gasteiger partial charge in [0.1, 0.15) is 5.82 Å². The molecule has 7 nitrogen and oxygen atoms in total. The van der Waals surface area contributed by atoms with Gasteiger partial charge in [0.25, 0.3) is 11.5 Å². The van der Waals surface area contributed by atoms with Crippen LogP contribution < -0.4 is 16.2 Å². The van der Waals surface area contributed by atoms with Crippen LogP contribution in [0, 0.1) is 5.82 Å². The Morgan fingerprint density at radius 2 is 1.79 bits per heavy atom. The van der Waals surface area contributed by atoms with E-state index in [4.69, 9.17) is 0 Å². The maximum atomic E-state index is 14.6. The van der Waals surface area contributed by atoms with Crippen molar-refractivity contribution < 1.29 is 9.18 Å². The lowest BCUT2D eigenvalue weighted by molar-refractivity contribution is 0.0890. The van der Waals surface area contributed by atoms with Gasteiger partial charge < -0.3 is 10.6 Å². The molecule has 0 radical (unpaired) electrons. The monoisotopic (exact) mass is 463 g/mol. The van der Waals surface area contributed by atoms with Crippen molar-refractivity contribution in [3.63, 3.8) is 0 Å². The lowest BCUT2D eigenvalue weighted by Gasteiger charge is -2.39. The van der Waals surface area contributed by atoms with Crippen molar-refractivity contribution in [2.45, 2.75) is 44.2 Å². The minimum absolute atomic E-state index is 0.0514. The first-order valence-electron chi connectivity index (χ1n) is 12.1. The Kier molecular flexibility index (Phi) is 6.69. The number of amides is 1. The summed E-state index contributed by atoms with van der Waals surface area (Å²) in [6.07, 6.45) is 4.31. The fraction of sp³-hybridized carbons (Fsp3) is 0.423. The van der Waals surface area contributed by atoms with Crippen LogP contribution in [0.15, 0.2) is 47.3 Å². The van der Waals surface area contributed by atoms with Crippen LogP contribution in [0.4, 0.5) is 4.39 Å². The first-order valence-corrected chi connectivity index (χ1v) is 12.1. The highest BCUT2D eigenvalue weighted by Gasteiger charge is 2.28. The van der Waals surface area contributed by atoms with Gasteiger partial charge in [-0.05, 0) is 49.4 Å². The molecule has 0 unspecified atom stereocenters. The van der Waals surface area contributed by atoms with Crippen molar-refractivity contribution in [3.8, 4) is 0 Å². The van der Waals surface area contributed by atoms with Crippen LogP contribution in [0.25, 0.3) is 10.8 Å². The molecule has 1 aromatic heterocycles. The summed E-state index contributed by atoms with van der Waals surface area (Å²) in [5.41, 5.74) is 1.25. The predicted octanol–water partition coefficient (Wildman–Crippen LogP) is 2.60. The molecule has 0 atom stereocenters. The van der Waals surface area contributed by atoms with Crippen LogP contribution in [0.1, 0.15) is 47.3 Å². The summed E-state index contributed by atoms with van der Waals surface area (Å²) in [6.45, 7) is 4.24. The number of nitrogens with zero attached hydrogens (tertiary/aromatic N) is 2. The molecule has 2 aliphatic rings. The van der Waals surface area contributed by atoms with Crippen molar-refractivity contribution in [2.75, 3.05) is 26.2 Å². The SMILES string of the molecule is O=C(NC1CCC(N2CCNCC2)CC1)c1cc(Cc2n[nH]c(=O)c3ccccc23)ccc1F. The quantitative estimate of drug-likeness (QED) is 0.541. The Balaban J connectivity index is 1.26. The van der Waals surface area contributed by atoms with E-state index in [1.165, 1.54) is 6.07 Å². The van der Waals surface area contributed by atoms with Crippen LogP contribution in [0.2, 0.25) is 0 Å². The van der Waals surface area contributed by atoms with Gasteiger partial charge in [0, 0.05) is 50.1 Å². The lowest BCUT2D eigenvalue weighted by atomic mass is 9.89. The normalized spacial score (nSPS) is 21.4. The summed E-state index contributed by atoms with van der Waals surface area (Å²) in [5, 5.41) is 14.5. The second kappa shape index (κ2) is 10.0. The molecular formula is C26H30FN5O2. The Morgan fingerprint density at radius 3 is 2.56 bits per heavy atom. The highest BCUT2D eigenvalue weighted by Crippen LogP contribution is 2.24. The van der Waals surface area contributed by atoms with Crippen molar-refractivity contribution in [2.24, 2.45) is 0 Å². The van der Waals surface area contributed by atoms with Crippen LogP contribution >= 0.6 is 0 Å². The van der Waals surface area contributed by atoms with Gasteiger partial charge in [-0.3, -0.25) is 14.5 Å². The zero-order chi connectivity index (χ0) is 23.5. The molecular weight excluding hydrogens is 433 g/mol. The number of halogens is 1. The summed E-state index contributed by atoms with van der Waals surface area (Å²) in [4.78, 5) is 27.5. The Labute approximate surface area is 197 Å². The van der Waals surface area contributed by atoms with Crippen molar-refractivity contribution in [1.29, 1.82) is 0 Å². The van der Waals surface area contributed by atoms with Gasteiger partial charge >= 0.3 is 0 Å². The standard InChI is InChI=1S/C26H30FN5O2/c27-23-10-5-17(16-24-20-3-1-2-4-21(20)26(34)31-30-24)15-22(23)25(33)29-18-6-8-19(9-7-18)32-13-11-28-12-14-32/h1-5,10,15,18-19,28H,6-9,11-14,16H2,(H,29,33)(H,31,34). The van der Waals surface area contributed by atoms with Crippen molar-refractivity contribution in [1.82, 2.24) is 25.7 Å². The second-order valence-electron chi connectivity index (χ2n) is 9.30. The third-order valence-corrected chi connectivity index (χ3v) is 7.12. The van der Waals surface area contributed by atoms with Crippen molar-refractivity contribution in [3.05, 3.63) is 75.5 Å². The number of rotatable bonds is 5. The van der Waals surface area contributed by atoms with E-state index >= 15 is 0 Å². The molecule has 178 valence electrons. The van der Waals surface area contributed by atoms with E-state index in [0.717, 1.165) is 62.8 Å². The zero-order valence-electron chi connectivity index (χ0n) is 19.1. The number of carbonyl (C=O) groups excluding carboxylic acids is 1. The largest absolute Gasteiger partial charge is 0.349 e. The number of aromatic nitrogens is 2. The molecule has 1 saturated heterocycles. The van der Waals surface area contributed by atoms with Crippen LogP contribution in [0.3, 0.4) is 0 Å². The molecule has 0 bridgehead atoms. The zero-order valence-corrected chi connectivity index (χ0v) is 19.1. The smallest absolute Gasteiger partial charge is 0.272 e. The van der Waals surface area contributed by atoms with Gasteiger partial charge in [0.05, 0.1) is 16.6 Å². The third-order valence-electron chi connectivity index (χ3n) is 7.12. The van der Waals surface area contributed by atoms with Crippen LogP contribution in [0.5, 0.6) is 0 Å². The maximum Gasteiger partial charge on any atom is 0.272 e. The van der Waals surface area contributed by atoms with Gasteiger partial charge in [0.2, 0.25) is 0 Å². The molecule has 5 rings (SSSR count). The molecule has 3 aromatic rings. The van der Waals surface area contributed by atoms with E-state index in [0.29, 0.717) is 23.5 Å². The van der Waals surface area contributed by atoms with E-state index in [2.05, 4.69) is 25.7 Å². The molecule has 0 spiro atoms. The van der Waals surface area contributed by atoms with Gasteiger partial charge in [-0.15, -0.1) is 0 Å². The lowest BCUT2D eigenvalue weighted by Crippen LogP contribution is -2.50. The third kappa shape index (κ3) is 4.88. The van der Waals surface area contributed by atoms with Gasteiger partial charge in [-0.25, -0.2) is 9.49 Å². The first-order chi connectivity index (χ1) is 16.6. The molecule has 2 fully saturated rings. The average molecular weight is 464 g/mol. The number of hydrogen-bond acceptors (Lipinski definition) is 5. The highest BCUT2D eigenvalue weighted by molar-refractivity contribution is 5.95. The highest BCUT2D eigenvalue weighted by atomic mass is 19.1. The average Bonchev–Trinajstić information content (AvgIpc) is 2.88. The molecule has 1 saturated carbocycles. The van der Waals surface area contributed by atoms with E-state index in [1.54, 1.807) is 24.3 Å². The summed E-state index contributed by atoms with van der Waals surface area (Å²) < 4.78 is 14.6. The minimum atomic E-state index is -0.532. The summed E-state index contributed by atoms with van der Waals surface area (Å²) in [7, 11) is 0. The number of fused-ring (bicyclic) bond motifs is 1. The molecule has 3 N–H and O–H groups in total. The number of piperazine rings is 1. The van der Waals surface area contributed by atoms with E-state index in [9.17, 15) is 14.0 Å². The molecule has 1 amide bonds. The molecule has 2 aromatic carbocycles. The summed E-state index contributed by atoms with van der Waals surface area (Å²) in [5.74, 6) is -0.903. The molecule has 1 aliphatic heterocycles. The maximum absolute atomic E-state index is 14.6. The number of aromatic amines is 1. The first kappa shape index (κ1) is 22.7. The van der Waals surface area contributed by atoms with E-state index in [1.807, 2.05) is 12.1 Å². The molecule has 8 heteroatoms. The topological polar surface area (TPSA) is 90.1 Å². The van der Waals surface area contributed by atoms with Gasteiger partial charge in [-0.2, -0.15) is 5.10 Å². The van der Waals surface area contributed by atoms with Crippen LogP contribution in [-0.2, 0) is 6.42 Å². The summed E-state index contributed by atoms with van der Waals surface area (Å²) >= 11 is 0. The van der Waals surface area contributed by atoms with Crippen molar-refractivity contribution >= 4 is 16.7 Å². The minimum Gasteiger partial charge on any atom is -0.349 e. The van der Waals surface area contributed by atoms with Gasteiger partial charge in [-0.1, -0.05) is 24.3 Å². The number of H-pyrrole nitrogens is 1. The molecule has 2 heterocycles. The summed E-state index contributed by atoms with van der Waals surface area (Å²) in [6, 6.07) is 12.5. The van der Waals surface area contributed by atoms with E-state index in [-0.39, 0.29) is 23.1 Å².